The van der Waals surface area contributed by atoms with Crippen LogP contribution in [-0.4, -0.2) is 67.4 Å². The zero-order chi connectivity index (χ0) is 22.9. The molecule has 30 heavy (non-hydrogen) atoms. The molecule has 1 fully saturated rings. The van der Waals surface area contributed by atoms with Crippen LogP contribution in [0.15, 0.2) is 21.9 Å². The van der Waals surface area contributed by atoms with Crippen LogP contribution in [0.3, 0.4) is 0 Å². The molecule has 0 radical (unpaired) electrons. The van der Waals surface area contributed by atoms with Gasteiger partial charge in [-0.05, 0) is 0 Å². The van der Waals surface area contributed by atoms with Gasteiger partial charge in [-0.1, -0.05) is 0 Å². The van der Waals surface area contributed by atoms with Gasteiger partial charge in [0.25, 0.3) is 20.6 Å². The minimum absolute atomic E-state index is 0.668. The molecule has 6 atom stereocenters. The number of H-pyrrole nitrogens is 1. The van der Waals surface area contributed by atoms with Crippen LogP contribution in [0.1, 0.15) is 6.23 Å². The summed E-state index contributed by atoms with van der Waals surface area (Å²) in [5.41, 5.74) is -1.61. The van der Waals surface area contributed by atoms with E-state index in [1.54, 1.807) is 0 Å². The lowest BCUT2D eigenvalue weighted by atomic mass is 9.99. The molecule has 0 amide bonds. The van der Waals surface area contributed by atoms with E-state index in [1.165, 1.54) is 0 Å². The Balaban J connectivity index is 2.11. The van der Waals surface area contributed by atoms with Gasteiger partial charge in [-0.15, -0.1) is 0 Å². The van der Waals surface area contributed by atoms with Crippen LogP contribution < -0.4 is 11.2 Å². The van der Waals surface area contributed by atoms with Crippen LogP contribution in [0, 0.1) is 5.92 Å². The summed E-state index contributed by atoms with van der Waals surface area (Å²) in [6.45, 7) is -1.36. The summed E-state index contributed by atoms with van der Waals surface area (Å²) in [7, 11) is -14.7. The number of ether oxygens (including phenoxy) is 1. The van der Waals surface area contributed by atoms with E-state index in [0.29, 0.717) is 7.57 Å². The second-order valence-corrected chi connectivity index (χ2v) is 11.1. The van der Waals surface area contributed by atoms with Crippen LogP contribution in [0.4, 0.5) is 0 Å². The Bertz CT molecular complexity index is 1020. The number of aromatic amines is 1. The fraction of sp³-hybridized carbons (Fsp3) is 0.600. The number of aliphatic hydroxyl groups excluding tert-OH is 2. The predicted molar refractivity (Wildman–Crippen MR) is 98.0 cm³/mol. The van der Waals surface area contributed by atoms with Crippen LogP contribution >= 0.6 is 23.1 Å². The molecular formula is C10H18BN2O14P3. The van der Waals surface area contributed by atoms with Crippen molar-refractivity contribution in [1.29, 1.82) is 0 Å². The van der Waals surface area contributed by atoms with E-state index in [-0.39, 0.29) is 0 Å². The second kappa shape index (κ2) is 9.29. The molecular weight excluding hydrogens is 476 g/mol. The molecule has 2 rings (SSSR count). The monoisotopic (exact) mass is 494 g/mol. The highest BCUT2D eigenvalue weighted by molar-refractivity contribution is 7.84. The van der Waals surface area contributed by atoms with E-state index in [1.807, 2.05) is 4.98 Å². The molecule has 2 heterocycles. The summed E-state index contributed by atoms with van der Waals surface area (Å²) >= 11 is 0. The average Bonchev–Trinajstić information content (AvgIpc) is 2.85. The van der Waals surface area contributed by atoms with Crippen molar-refractivity contribution in [2.24, 2.45) is 5.92 Å². The Morgan fingerprint density at radius 1 is 1.20 bits per heavy atom. The largest absolute Gasteiger partial charge is 0.487 e. The summed E-state index contributed by atoms with van der Waals surface area (Å²) in [5.74, 6) is -1.07. The number of aromatic nitrogens is 2. The van der Waals surface area contributed by atoms with Crippen LogP contribution in [0.2, 0.25) is 0 Å². The van der Waals surface area contributed by atoms with Crippen molar-refractivity contribution in [2.75, 3.05) is 13.2 Å². The molecule has 1 aliphatic rings. The number of rotatable bonds is 9. The minimum atomic E-state index is -5.47. The normalized spacial score (nSPS) is 28.7. The SMILES string of the molecule is BP(=O)(OC[C@H]1O[C@@H](n2ccc(=O)[nH]c2=O)[C@H](O)[C@@H]1CO)OP(=O)(O)OP(=O)(O)O. The van der Waals surface area contributed by atoms with E-state index >= 15 is 0 Å². The van der Waals surface area contributed by atoms with E-state index < -0.39 is 71.9 Å². The van der Waals surface area contributed by atoms with Crippen molar-refractivity contribution in [3.05, 3.63) is 33.1 Å². The molecule has 0 saturated carbocycles. The van der Waals surface area contributed by atoms with E-state index in [9.17, 15) is 38.4 Å². The Morgan fingerprint density at radius 3 is 2.37 bits per heavy atom. The first kappa shape index (κ1) is 25.3. The third kappa shape index (κ3) is 6.79. The quantitative estimate of drug-likeness (QED) is 0.152. The van der Waals surface area contributed by atoms with Crippen molar-refractivity contribution in [3.63, 3.8) is 0 Å². The summed E-state index contributed by atoms with van der Waals surface area (Å²) in [5, 5.41) is 19.8. The smallest absolute Gasteiger partial charge is 0.396 e. The molecule has 170 valence electrons. The van der Waals surface area contributed by atoms with Crippen LogP contribution in [-0.2, 0) is 31.6 Å². The lowest BCUT2D eigenvalue weighted by molar-refractivity contribution is -0.0512. The van der Waals surface area contributed by atoms with Gasteiger partial charge in [-0.3, -0.25) is 18.9 Å². The highest BCUT2D eigenvalue weighted by Crippen LogP contribution is 2.66. The van der Waals surface area contributed by atoms with Gasteiger partial charge in [0.05, 0.1) is 19.3 Å². The van der Waals surface area contributed by atoms with Crippen molar-refractivity contribution < 1.29 is 56.5 Å². The van der Waals surface area contributed by atoms with Gasteiger partial charge in [0.2, 0.25) is 0 Å². The van der Waals surface area contributed by atoms with Gasteiger partial charge in [0.15, 0.2) is 6.23 Å². The second-order valence-electron chi connectivity index (χ2n) is 6.11. The van der Waals surface area contributed by atoms with Crippen molar-refractivity contribution in [3.8, 4) is 0 Å². The molecule has 1 aromatic heterocycles. The number of aliphatic hydroxyl groups is 2. The highest BCUT2D eigenvalue weighted by Gasteiger charge is 2.46. The molecule has 6 N–H and O–H groups in total. The van der Waals surface area contributed by atoms with Crippen molar-refractivity contribution in [1.82, 2.24) is 9.55 Å². The third-order valence-electron chi connectivity index (χ3n) is 3.79. The molecule has 1 aliphatic heterocycles. The molecule has 20 heteroatoms. The van der Waals surface area contributed by atoms with E-state index in [4.69, 9.17) is 19.0 Å². The van der Waals surface area contributed by atoms with Gasteiger partial charge < -0.3 is 34.2 Å². The van der Waals surface area contributed by atoms with Gasteiger partial charge in [0.1, 0.15) is 6.10 Å². The maximum atomic E-state index is 12.2. The van der Waals surface area contributed by atoms with Gasteiger partial charge in [0, 0.05) is 18.2 Å². The van der Waals surface area contributed by atoms with Crippen molar-refractivity contribution >= 4 is 30.7 Å². The van der Waals surface area contributed by atoms with Gasteiger partial charge in [-0.2, -0.15) is 4.31 Å². The minimum Gasteiger partial charge on any atom is -0.396 e. The number of hydrogen-bond donors (Lipinski definition) is 6. The highest BCUT2D eigenvalue weighted by atomic mass is 31.3. The molecule has 2 unspecified atom stereocenters. The lowest BCUT2D eigenvalue weighted by Gasteiger charge is -2.22. The zero-order valence-corrected chi connectivity index (χ0v) is 17.8. The molecule has 0 aromatic carbocycles. The molecule has 1 aromatic rings. The van der Waals surface area contributed by atoms with Crippen molar-refractivity contribution in [2.45, 2.75) is 18.4 Å². The number of hydrogen-bond acceptors (Lipinski definition) is 11. The van der Waals surface area contributed by atoms with E-state index in [0.717, 1.165) is 16.8 Å². The zero-order valence-electron chi connectivity index (χ0n) is 15.1. The fourth-order valence-electron chi connectivity index (χ4n) is 2.61. The topological polar surface area (TPSA) is 244 Å². The molecule has 1 saturated heterocycles. The number of nitrogens with zero attached hydrogens (tertiary/aromatic N) is 1. The Morgan fingerprint density at radius 2 is 1.83 bits per heavy atom. The Kier molecular flexibility index (Phi) is 7.84. The molecule has 16 nitrogen and oxygen atoms in total. The first-order chi connectivity index (χ1) is 13.6. The summed E-state index contributed by atoms with van der Waals surface area (Å²) < 4.78 is 53.1. The summed E-state index contributed by atoms with van der Waals surface area (Å²) in [6.07, 6.45) is -2.99. The molecule has 0 spiro atoms. The third-order valence-corrected chi connectivity index (χ3v) is 8.10. The van der Waals surface area contributed by atoms with Crippen LogP contribution in [0.5, 0.6) is 0 Å². The average molecular weight is 494 g/mol. The Hall–Kier alpha value is -0.925. The molecule has 0 aliphatic carbocycles. The summed E-state index contributed by atoms with van der Waals surface area (Å²) in [6, 6.07) is 0.989. The standard InChI is InChI=1S/C10H18BN2O14P3/c11-28(18,26-30(22,23)27-29(19,20)21)24-4-6-5(3-14)8(16)9(25-6)13-2-1-7(15)12-10(13)17/h1-2,5-6,8-9,14,16H,3-4,11H2,(H,22,23)(H,12,15,17)(H2,19,20,21)/t5-,6-,8-,9-,28?/m1/s1. The Labute approximate surface area is 168 Å². The first-order valence-electron chi connectivity index (χ1n) is 7.93. The maximum Gasteiger partial charge on any atom is 0.487 e. The molecule has 0 bridgehead atoms. The van der Waals surface area contributed by atoms with Gasteiger partial charge in [-0.25, -0.2) is 18.2 Å². The van der Waals surface area contributed by atoms with Gasteiger partial charge >= 0.3 is 21.3 Å². The lowest BCUT2D eigenvalue weighted by Crippen LogP contribution is -2.36. The van der Waals surface area contributed by atoms with E-state index in [2.05, 4.69) is 8.62 Å². The first-order valence-corrected chi connectivity index (χ1v) is 12.9. The van der Waals surface area contributed by atoms with Crippen LogP contribution in [0.25, 0.3) is 0 Å². The number of phosphoric acid groups is 2. The fourth-order valence-corrected chi connectivity index (χ4v) is 6.18. The predicted octanol–water partition coefficient (Wildman–Crippen LogP) is -2.61. The maximum absolute atomic E-state index is 12.2. The number of nitrogens with one attached hydrogen (secondary N) is 1. The summed E-state index contributed by atoms with van der Waals surface area (Å²) in [4.78, 5) is 51.3.